The quantitative estimate of drug-likeness (QED) is 0.847. The van der Waals surface area contributed by atoms with Gasteiger partial charge in [-0.05, 0) is 37.7 Å². The lowest BCUT2D eigenvalue weighted by atomic mass is 9.91. The number of amides is 2. The van der Waals surface area contributed by atoms with Crippen LogP contribution in [0.25, 0.3) is 0 Å². The predicted molar refractivity (Wildman–Crippen MR) is 72.8 cm³/mol. The summed E-state index contributed by atoms with van der Waals surface area (Å²) in [5, 5.41) is 7.01. The van der Waals surface area contributed by atoms with Crippen molar-refractivity contribution in [1.29, 1.82) is 0 Å². The molecule has 0 bridgehead atoms. The predicted octanol–water partition coefficient (Wildman–Crippen LogP) is 0.0897. The summed E-state index contributed by atoms with van der Waals surface area (Å²) in [6.07, 6.45) is 6.52. The molecule has 0 aromatic carbocycles. The molecule has 6 nitrogen and oxygen atoms in total. The van der Waals surface area contributed by atoms with Crippen LogP contribution >= 0.6 is 0 Å². The van der Waals surface area contributed by atoms with Gasteiger partial charge in [0.05, 0.1) is 12.7 Å². The van der Waals surface area contributed by atoms with Gasteiger partial charge in [0.25, 0.3) is 0 Å². The van der Waals surface area contributed by atoms with Gasteiger partial charge in [0.15, 0.2) is 0 Å². The van der Waals surface area contributed by atoms with Crippen molar-refractivity contribution in [2.45, 2.75) is 31.7 Å². The summed E-state index contributed by atoms with van der Waals surface area (Å²) >= 11 is 0. The second-order valence-corrected chi connectivity index (χ2v) is 6.02. The van der Waals surface area contributed by atoms with E-state index in [0.717, 1.165) is 24.8 Å². The minimum absolute atomic E-state index is 0.0508. The number of rotatable bonds is 4. The number of aromatic nitrogens is 2. The minimum Gasteiger partial charge on any atom is -0.340 e. The van der Waals surface area contributed by atoms with Crippen LogP contribution in [0.4, 0.5) is 0 Å². The number of carbonyl (C=O) groups excluding carboxylic acids is 2. The molecule has 1 unspecified atom stereocenters. The SMILES string of the molecule is Cn1cc(CCN2CC(=O)NC(C)(C3CC3)C2=O)cn1. The molecule has 1 aliphatic carbocycles. The number of nitrogens with zero attached hydrogens (tertiary/aromatic N) is 3. The Bertz CT molecular complexity index is 549. The Morgan fingerprint density at radius 3 is 2.80 bits per heavy atom. The Morgan fingerprint density at radius 1 is 1.45 bits per heavy atom. The average Bonchev–Trinajstić information content (AvgIpc) is 3.17. The van der Waals surface area contributed by atoms with E-state index in [9.17, 15) is 9.59 Å². The molecule has 3 rings (SSSR count). The minimum atomic E-state index is -0.690. The van der Waals surface area contributed by atoms with Crippen LogP contribution < -0.4 is 5.32 Å². The van der Waals surface area contributed by atoms with Gasteiger partial charge in [-0.2, -0.15) is 5.10 Å². The summed E-state index contributed by atoms with van der Waals surface area (Å²) in [6, 6.07) is 0. The highest BCUT2D eigenvalue weighted by Gasteiger charge is 2.52. The molecule has 6 heteroatoms. The average molecular weight is 276 g/mol. The number of piperazine rings is 1. The molecule has 2 aliphatic rings. The third-order valence-corrected chi connectivity index (χ3v) is 4.29. The van der Waals surface area contributed by atoms with Crippen molar-refractivity contribution in [3.8, 4) is 0 Å². The van der Waals surface area contributed by atoms with E-state index in [-0.39, 0.29) is 18.4 Å². The van der Waals surface area contributed by atoms with Crippen molar-refractivity contribution >= 4 is 11.8 Å². The molecule has 1 N–H and O–H groups in total. The smallest absolute Gasteiger partial charge is 0.248 e. The van der Waals surface area contributed by atoms with Gasteiger partial charge in [0.1, 0.15) is 5.54 Å². The van der Waals surface area contributed by atoms with E-state index in [1.165, 1.54) is 0 Å². The van der Waals surface area contributed by atoms with E-state index in [1.54, 1.807) is 15.8 Å². The molecule has 0 radical (unpaired) electrons. The van der Waals surface area contributed by atoms with E-state index in [0.29, 0.717) is 12.5 Å². The summed E-state index contributed by atoms with van der Waals surface area (Å²) in [5.74, 6) is 0.314. The number of nitrogens with one attached hydrogen (secondary N) is 1. The highest BCUT2D eigenvalue weighted by Crippen LogP contribution is 2.41. The van der Waals surface area contributed by atoms with E-state index in [4.69, 9.17) is 0 Å². The molecule has 2 fully saturated rings. The molecule has 1 aromatic rings. The van der Waals surface area contributed by atoms with Gasteiger partial charge in [0.2, 0.25) is 11.8 Å². The number of hydrogen-bond acceptors (Lipinski definition) is 3. The van der Waals surface area contributed by atoms with Crippen LogP contribution in [0.2, 0.25) is 0 Å². The maximum absolute atomic E-state index is 12.6. The lowest BCUT2D eigenvalue weighted by Crippen LogP contribution is -2.66. The van der Waals surface area contributed by atoms with Gasteiger partial charge in [-0.3, -0.25) is 14.3 Å². The molecular formula is C14H20N4O2. The Kier molecular flexibility index (Phi) is 3.03. The van der Waals surface area contributed by atoms with Crippen molar-refractivity contribution in [1.82, 2.24) is 20.0 Å². The lowest BCUT2D eigenvalue weighted by Gasteiger charge is -2.40. The Balaban J connectivity index is 1.68. The molecule has 2 heterocycles. The fourth-order valence-corrected chi connectivity index (χ4v) is 2.94. The first-order chi connectivity index (χ1) is 9.49. The molecule has 2 amide bonds. The first-order valence-electron chi connectivity index (χ1n) is 7.07. The molecule has 108 valence electrons. The Labute approximate surface area is 118 Å². The van der Waals surface area contributed by atoms with Crippen LogP contribution in [0.5, 0.6) is 0 Å². The molecule has 1 aromatic heterocycles. The zero-order valence-electron chi connectivity index (χ0n) is 11.9. The summed E-state index contributed by atoms with van der Waals surface area (Å²) in [6.45, 7) is 2.60. The van der Waals surface area contributed by atoms with Crippen molar-refractivity contribution in [3.05, 3.63) is 18.0 Å². The van der Waals surface area contributed by atoms with Gasteiger partial charge >= 0.3 is 0 Å². The number of hydrogen-bond donors (Lipinski definition) is 1. The number of aryl methyl sites for hydroxylation is 1. The fraction of sp³-hybridized carbons (Fsp3) is 0.643. The van der Waals surface area contributed by atoms with Crippen molar-refractivity contribution < 1.29 is 9.59 Å². The first-order valence-corrected chi connectivity index (χ1v) is 7.07. The number of carbonyl (C=O) groups is 2. The van der Waals surface area contributed by atoms with Crippen LogP contribution in [-0.2, 0) is 23.1 Å². The van der Waals surface area contributed by atoms with Crippen molar-refractivity contribution in [2.24, 2.45) is 13.0 Å². The van der Waals surface area contributed by atoms with Crippen LogP contribution in [0.15, 0.2) is 12.4 Å². The molecule has 1 saturated carbocycles. The van der Waals surface area contributed by atoms with Gasteiger partial charge < -0.3 is 10.2 Å². The van der Waals surface area contributed by atoms with Gasteiger partial charge in [-0.15, -0.1) is 0 Å². The maximum Gasteiger partial charge on any atom is 0.248 e. The van der Waals surface area contributed by atoms with Gasteiger partial charge in [0, 0.05) is 19.8 Å². The molecule has 0 spiro atoms. The molecule has 1 aliphatic heterocycles. The second-order valence-electron chi connectivity index (χ2n) is 6.02. The topological polar surface area (TPSA) is 67.2 Å². The molecular weight excluding hydrogens is 256 g/mol. The second kappa shape index (κ2) is 4.61. The normalized spacial score (nSPS) is 26.8. The van der Waals surface area contributed by atoms with Crippen molar-refractivity contribution in [3.63, 3.8) is 0 Å². The molecule has 20 heavy (non-hydrogen) atoms. The third kappa shape index (κ3) is 2.30. The standard InChI is InChI=1S/C14H20N4O2/c1-14(11-3-4-11)13(20)18(9-12(19)16-14)6-5-10-7-15-17(2)8-10/h7-8,11H,3-6,9H2,1-2H3,(H,16,19). The summed E-state index contributed by atoms with van der Waals surface area (Å²) in [7, 11) is 1.87. The molecule has 1 saturated heterocycles. The summed E-state index contributed by atoms with van der Waals surface area (Å²) < 4.78 is 1.74. The van der Waals surface area contributed by atoms with Crippen molar-refractivity contribution in [2.75, 3.05) is 13.1 Å². The van der Waals surface area contributed by atoms with Crippen LogP contribution in [0.3, 0.4) is 0 Å². The molecule has 1 atom stereocenters. The van der Waals surface area contributed by atoms with E-state index in [1.807, 2.05) is 20.2 Å². The highest BCUT2D eigenvalue weighted by molar-refractivity contribution is 5.98. The van der Waals surface area contributed by atoms with E-state index in [2.05, 4.69) is 10.4 Å². The van der Waals surface area contributed by atoms with Crippen LogP contribution in [0, 0.1) is 5.92 Å². The third-order valence-electron chi connectivity index (χ3n) is 4.29. The maximum atomic E-state index is 12.6. The van der Waals surface area contributed by atoms with Crippen LogP contribution in [0.1, 0.15) is 25.3 Å². The zero-order chi connectivity index (χ0) is 14.3. The first kappa shape index (κ1) is 13.1. The summed E-state index contributed by atoms with van der Waals surface area (Å²) in [5.41, 5.74) is 0.393. The Morgan fingerprint density at radius 2 is 2.20 bits per heavy atom. The zero-order valence-corrected chi connectivity index (χ0v) is 11.9. The summed E-state index contributed by atoms with van der Waals surface area (Å²) in [4.78, 5) is 26.1. The van der Waals surface area contributed by atoms with Crippen LogP contribution in [-0.4, -0.2) is 45.1 Å². The largest absolute Gasteiger partial charge is 0.340 e. The van der Waals surface area contributed by atoms with Gasteiger partial charge in [-0.25, -0.2) is 0 Å². The van der Waals surface area contributed by atoms with Gasteiger partial charge in [-0.1, -0.05) is 0 Å². The Hall–Kier alpha value is -1.85. The lowest BCUT2D eigenvalue weighted by molar-refractivity contribution is -0.150. The van der Waals surface area contributed by atoms with E-state index >= 15 is 0 Å². The monoisotopic (exact) mass is 276 g/mol. The van der Waals surface area contributed by atoms with E-state index < -0.39 is 5.54 Å². The fourth-order valence-electron chi connectivity index (χ4n) is 2.94. The highest BCUT2D eigenvalue weighted by atomic mass is 16.2.